The molecule has 0 unspecified atom stereocenters. The van der Waals surface area contributed by atoms with Crippen molar-refractivity contribution in [2.45, 2.75) is 38.9 Å². The van der Waals surface area contributed by atoms with Gasteiger partial charge in [-0.3, -0.25) is 4.90 Å². The van der Waals surface area contributed by atoms with Crippen LogP contribution < -0.4 is 0 Å². The van der Waals surface area contributed by atoms with E-state index in [9.17, 15) is 0 Å². The maximum absolute atomic E-state index is 2.57. The van der Waals surface area contributed by atoms with Gasteiger partial charge in [0.25, 0.3) is 0 Å². The second kappa shape index (κ2) is 5.86. The van der Waals surface area contributed by atoms with Gasteiger partial charge in [-0.1, -0.05) is 48.5 Å². The molecule has 118 valence electrons. The fraction of sp³-hybridized carbons (Fsp3) is 0.333. The van der Waals surface area contributed by atoms with Crippen LogP contribution >= 0.6 is 0 Å². The Labute approximate surface area is 138 Å². The average Bonchev–Trinajstić information content (AvgIpc) is 2.88. The highest BCUT2D eigenvalue weighted by Crippen LogP contribution is 2.32. The van der Waals surface area contributed by atoms with Gasteiger partial charge in [0.2, 0.25) is 0 Å². The van der Waals surface area contributed by atoms with Crippen molar-refractivity contribution in [3.8, 4) is 0 Å². The molecule has 0 saturated heterocycles. The first-order valence-electron chi connectivity index (χ1n) is 8.57. The molecule has 0 N–H and O–H groups in total. The maximum atomic E-state index is 2.57. The molecule has 0 spiro atoms. The summed E-state index contributed by atoms with van der Waals surface area (Å²) in [6.07, 6.45) is 2.24. The molecule has 0 aliphatic carbocycles. The highest BCUT2D eigenvalue weighted by atomic mass is 15.1. The molecule has 0 fully saturated rings. The zero-order valence-corrected chi connectivity index (χ0v) is 14.0. The fourth-order valence-corrected chi connectivity index (χ4v) is 3.82. The predicted molar refractivity (Wildman–Crippen MR) is 96.7 cm³/mol. The van der Waals surface area contributed by atoms with Gasteiger partial charge in [0.05, 0.1) is 0 Å². The summed E-state index contributed by atoms with van der Waals surface area (Å²) in [6.45, 7) is 4.47. The number of likely N-dealkylation sites (N-methyl/N-ethyl adjacent to an activating group) is 1. The molecular formula is C21H24N2. The second-order valence-corrected chi connectivity index (χ2v) is 6.80. The van der Waals surface area contributed by atoms with E-state index < -0.39 is 0 Å². The summed E-state index contributed by atoms with van der Waals surface area (Å²) >= 11 is 0. The largest absolute Gasteiger partial charge is 0.344 e. The predicted octanol–water partition coefficient (Wildman–Crippen LogP) is 4.26. The fourth-order valence-electron chi connectivity index (χ4n) is 3.82. The lowest BCUT2D eigenvalue weighted by Crippen LogP contribution is -2.35. The first kappa shape index (κ1) is 14.5. The van der Waals surface area contributed by atoms with Crippen molar-refractivity contribution in [3.05, 3.63) is 71.4 Å². The maximum Gasteiger partial charge on any atom is 0.0486 e. The number of hydrogen-bond donors (Lipinski definition) is 0. The lowest BCUT2D eigenvalue weighted by Gasteiger charge is -2.31. The lowest BCUT2D eigenvalue weighted by atomic mass is 10.00. The van der Waals surface area contributed by atoms with Crippen LogP contribution in [0.3, 0.4) is 0 Å². The van der Waals surface area contributed by atoms with Gasteiger partial charge in [0.1, 0.15) is 0 Å². The molecule has 0 saturated carbocycles. The minimum absolute atomic E-state index is 0.613. The van der Waals surface area contributed by atoms with Crippen LogP contribution in [0.25, 0.3) is 10.9 Å². The number of fused-ring (bicyclic) bond motifs is 3. The molecule has 3 aromatic rings. The summed E-state index contributed by atoms with van der Waals surface area (Å²) in [7, 11) is 2.24. The van der Waals surface area contributed by atoms with Crippen LogP contribution in [0, 0.1) is 0 Å². The SMILES string of the molecule is C[C@@H]1Cc2c(c3ccccc3n2CCc2ccccc2)CN1C. The number of aryl methyl sites for hydroxylation is 2. The Balaban J connectivity index is 1.75. The van der Waals surface area contributed by atoms with E-state index in [0.29, 0.717) is 6.04 Å². The third-order valence-electron chi connectivity index (χ3n) is 5.31. The Morgan fingerprint density at radius 3 is 2.57 bits per heavy atom. The van der Waals surface area contributed by atoms with Crippen LogP contribution in [0.1, 0.15) is 23.7 Å². The summed E-state index contributed by atoms with van der Waals surface area (Å²) in [5, 5.41) is 1.44. The van der Waals surface area contributed by atoms with E-state index in [0.717, 1.165) is 25.9 Å². The molecule has 0 bridgehead atoms. The first-order chi connectivity index (χ1) is 11.2. The Bertz CT molecular complexity index is 816. The average molecular weight is 304 g/mol. The molecule has 0 amide bonds. The van der Waals surface area contributed by atoms with E-state index in [2.05, 4.69) is 78.0 Å². The van der Waals surface area contributed by atoms with Crippen molar-refractivity contribution in [2.24, 2.45) is 0 Å². The molecule has 2 heterocycles. The van der Waals surface area contributed by atoms with Crippen molar-refractivity contribution in [3.63, 3.8) is 0 Å². The molecule has 1 aliphatic rings. The Morgan fingerprint density at radius 1 is 1.00 bits per heavy atom. The quantitative estimate of drug-likeness (QED) is 0.702. The smallest absolute Gasteiger partial charge is 0.0486 e. The molecule has 2 nitrogen and oxygen atoms in total. The number of hydrogen-bond acceptors (Lipinski definition) is 1. The van der Waals surface area contributed by atoms with Crippen molar-refractivity contribution >= 4 is 10.9 Å². The molecule has 2 heteroatoms. The van der Waals surface area contributed by atoms with Gasteiger partial charge in [0.15, 0.2) is 0 Å². The van der Waals surface area contributed by atoms with Gasteiger partial charge in [-0.2, -0.15) is 0 Å². The van der Waals surface area contributed by atoms with Crippen LogP contribution in [-0.4, -0.2) is 22.6 Å². The first-order valence-corrected chi connectivity index (χ1v) is 8.57. The van der Waals surface area contributed by atoms with Gasteiger partial charge in [0, 0.05) is 42.1 Å². The van der Waals surface area contributed by atoms with E-state index in [4.69, 9.17) is 0 Å². The van der Waals surface area contributed by atoms with Gasteiger partial charge in [-0.05, 0) is 37.6 Å². The summed E-state index contributed by atoms with van der Waals surface area (Å²) < 4.78 is 2.57. The van der Waals surface area contributed by atoms with Crippen LogP contribution in [0.2, 0.25) is 0 Å². The van der Waals surface area contributed by atoms with E-state index in [1.165, 1.54) is 22.0 Å². The van der Waals surface area contributed by atoms with Gasteiger partial charge in [-0.25, -0.2) is 0 Å². The molecule has 1 aromatic heterocycles. The highest BCUT2D eigenvalue weighted by Gasteiger charge is 2.26. The van der Waals surface area contributed by atoms with E-state index in [-0.39, 0.29) is 0 Å². The van der Waals surface area contributed by atoms with Crippen LogP contribution in [0.5, 0.6) is 0 Å². The minimum Gasteiger partial charge on any atom is -0.344 e. The monoisotopic (exact) mass is 304 g/mol. The van der Waals surface area contributed by atoms with Gasteiger partial charge < -0.3 is 4.57 Å². The van der Waals surface area contributed by atoms with E-state index in [1.807, 2.05) is 0 Å². The number of para-hydroxylation sites is 1. The van der Waals surface area contributed by atoms with Gasteiger partial charge >= 0.3 is 0 Å². The van der Waals surface area contributed by atoms with E-state index >= 15 is 0 Å². The summed E-state index contributed by atoms with van der Waals surface area (Å²) in [5.41, 5.74) is 5.90. The summed E-state index contributed by atoms with van der Waals surface area (Å²) in [6, 6.07) is 20.3. The zero-order valence-electron chi connectivity index (χ0n) is 14.0. The molecule has 1 atom stereocenters. The van der Waals surface area contributed by atoms with Crippen molar-refractivity contribution < 1.29 is 0 Å². The Morgan fingerprint density at radius 2 is 1.74 bits per heavy atom. The summed E-state index contributed by atoms with van der Waals surface area (Å²) in [4.78, 5) is 2.47. The zero-order chi connectivity index (χ0) is 15.8. The highest BCUT2D eigenvalue weighted by molar-refractivity contribution is 5.85. The number of aromatic nitrogens is 1. The van der Waals surface area contributed by atoms with Crippen LogP contribution in [0.15, 0.2) is 54.6 Å². The molecule has 4 rings (SSSR count). The minimum atomic E-state index is 0.613. The van der Waals surface area contributed by atoms with Crippen molar-refractivity contribution in [1.29, 1.82) is 0 Å². The van der Waals surface area contributed by atoms with Gasteiger partial charge in [-0.15, -0.1) is 0 Å². The van der Waals surface area contributed by atoms with Crippen LogP contribution in [-0.2, 0) is 25.9 Å². The van der Waals surface area contributed by atoms with Crippen LogP contribution in [0.4, 0.5) is 0 Å². The normalized spacial score (nSPS) is 18.3. The summed E-state index contributed by atoms with van der Waals surface area (Å²) in [5.74, 6) is 0. The molecule has 2 aromatic carbocycles. The number of benzene rings is 2. The van der Waals surface area contributed by atoms with Crippen molar-refractivity contribution in [2.75, 3.05) is 7.05 Å². The van der Waals surface area contributed by atoms with E-state index in [1.54, 1.807) is 5.69 Å². The molecule has 23 heavy (non-hydrogen) atoms. The Kier molecular flexibility index (Phi) is 3.70. The second-order valence-electron chi connectivity index (χ2n) is 6.80. The third-order valence-corrected chi connectivity index (χ3v) is 5.31. The topological polar surface area (TPSA) is 8.17 Å². The molecular weight excluding hydrogens is 280 g/mol. The third kappa shape index (κ3) is 2.57. The lowest BCUT2D eigenvalue weighted by molar-refractivity contribution is 0.228. The number of rotatable bonds is 3. The molecule has 1 aliphatic heterocycles. The van der Waals surface area contributed by atoms with Crippen molar-refractivity contribution in [1.82, 2.24) is 9.47 Å². The Hall–Kier alpha value is -2.06. The molecule has 0 radical (unpaired) electrons. The standard InChI is InChI=1S/C21H24N2/c1-16-14-21-19(15-22(16)2)18-10-6-7-11-20(18)23(21)13-12-17-8-4-3-5-9-17/h3-11,16H,12-15H2,1-2H3/t16-/m1/s1. The number of nitrogens with zero attached hydrogens (tertiary/aromatic N) is 2.